The quantitative estimate of drug-likeness (QED) is 0.420. The smallest absolute Gasteiger partial charge is 0.219 e. The third-order valence-electron chi connectivity index (χ3n) is 4.73. The number of hydrogen-bond acceptors (Lipinski definition) is 7. The normalized spacial score (nSPS) is 11.0. The van der Waals surface area contributed by atoms with Gasteiger partial charge >= 0.3 is 0 Å². The second-order valence-corrected chi connectivity index (χ2v) is 7.79. The summed E-state index contributed by atoms with van der Waals surface area (Å²) in [4.78, 5) is 10.8. The van der Waals surface area contributed by atoms with Crippen LogP contribution in [0.2, 0.25) is 0 Å². The zero-order valence-electron chi connectivity index (χ0n) is 15.6. The molecule has 1 aromatic carbocycles. The molecule has 0 saturated carbocycles. The van der Waals surface area contributed by atoms with Crippen molar-refractivity contribution in [2.45, 2.75) is 6.42 Å². The number of nitrogen functional groups attached to an aromatic ring is 1. The van der Waals surface area contributed by atoms with Gasteiger partial charge in [-0.3, -0.25) is 4.40 Å². The number of thiophene rings is 1. The van der Waals surface area contributed by atoms with E-state index in [-0.39, 0.29) is 5.88 Å². The highest BCUT2D eigenvalue weighted by molar-refractivity contribution is 7.16. The van der Waals surface area contributed by atoms with Crippen LogP contribution in [0.5, 0.6) is 5.88 Å². The molecule has 8 heteroatoms. The molecular formula is C22H15N5O2S. The molecule has 0 aliphatic carbocycles. The summed E-state index contributed by atoms with van der Waals surface area (Å²) in [6, 6.07) is 16.7. The van der Waals surface area contributed by atoms with Gasteiger partial charge < -0.3 is 15.3 Å². The van der Waals surface area contributed by atoms with Gasteiger partial charge in [-0.2, -0.15) is 5.26 Å². The minimum atomic E-state index is 0.0267. The summed E-state index contributed by atoms with van der Waals surface area (Å²) >= 11 is 1.33. The molecule has 5 rings (SSSR count). The Morgan fingerprint density at radius 3 is 2.67 bits per heavy atom. The number of nitrogens with two attached hydrogens (primary N) is 1. The second kappa shape index (κ2) is 7.06. The first-order valence-electron chi connectivity index (χ1n) is 9.12. The lowest BCUT2D eigenvalue weighted by atomic mass is 10.1. The highest BCUT2D eigenvalue weighted by atomic mass is 32.1. The summed E-state index contributed by atoms with van der Waals surface area (Å²) < 4.78 is 7.03. The van der Waals surface area contributed by atoms with E-state index in [0.29, 0.717) is 45.5 Å². The largest absolute Gasteiger partial charge is 0.493 e. The van der Waals surface area contributed by atoms with Crippen LogP contribution in [-0.2, 0) is 6.42 Å². The molecule has 4 heterocycles. The summed E-state index contributed by atoms with van der Waals surface area (Å²) in [6.45, 7) is 0. The van der Waals surface area contributed by atoms with E-state index in [1.165, 1.54) is 11.3 Å². The molecule has 5 aromatic rings. The van der Waals surface area contributed by atoms with Crippen molar-refractivity contribution in [1.29, 1.82) is 5.26 Å². The lowest BCUT2D eigenvalue weighted by Gasteiger charge is -2.07. The van der Waals surface area contributed by atoms with E-state index >= 15 is 0 Å². The maximum Gasteiger partial charge on any atom is 0.219 e. The number of furan rings is 1. The molecule has 3 N–H and O–H groups in total. The zero-order chi connectivity index (χ0) is 20.7. The summed E-state index contributed by atoms with van der Waals surface area (Å²) in [5.74, 6) is 0.726. The van der Waals surface area contributed by atoms with Gasteiger partial charge in [0.2, 0.25) is 5.88 Å². The molecule has 0 spiro atoms. The lowest BCUT2D eigenvalue weighted by molar-refractivity contribution is 0.438. The van der Waals surface area contributed by atoms with Gasteiger partial charge in [-0.05, 0) is 36.4 Å². The molecule has 0 radical (unpaired) electrons. The molecule has 146 valence electrons. The standard InChI is InChI=1S/C22H15N5O2S/c23-11-16-7-8-19(30-16)20-21-26-17(10-15-2-1-9-29-15)22(28)27(21)12-18(25-20)13-3-5-14(24)6-4-13/h1-9,12,28H,10,24H2. The fraction of sp³-hybridized carbons (Fsp3) is 0.0455. The Labute approximate surface area is 175 Å². The van der Waals surface area contributed by atoms with Gasteiger partial charge in [0, 0.05) is 17.4 Å². The minimum absolute atomic E-state index is 0.0267. The van der Waals surface area contributed by atoms with E-state index in [2.05, 4.69) is 11.1 Å². The van der Waals surface area contributed by atoms with Crippen LogP contribution in [-0.4, -0.2) is 19.5 Å². The van der Waals surface area contributed by atoms with E-state index in [9.17, 15) is 10.4 Å². The van der Waals surface area contributed by atoms with Crippen molar-refractivity contribution in [3.63, 3.8) is 0 Å². The molecule has 0 saturated heterocycles. The number of rotatable bonds is 4. The number of hydrogen-bond donors (Lipinski definition) is 2. The molecule has 0 unspecified atom stereocenters. The second-order valence-electron chi connectivity index (χ2n) is 6.70. The van der Waals surface area contributed by atoms with Crippen molar-refractivity contribution >= 4 is 22.7 Å². The van der Waals surface area contributed by atoms with E-state index in [4.69, 9.17) is 15.1 Å². The number of anilines is 1. The van der Waals surface area contributed by atoms with E-state index in [1.54, 1.807) is 41.1 Å². The lowest BCUT2D eigenvalue weighted by Crippen LogP contribution is -1.95. The average Bonchev–Trinajstić information content (AvgIpc) is 3.50. The molecule has 0 amide bonds. The van der Waals surface area contributed by atoms with Gasteiger partial charge in [0.1, 0.15) is 28.1 Å². The Hall–Kier alpha value is -4.09. The van der Waals surface area contributed by atoms with E-state index in [1.807, 2.05) is 24.3 Å². The summed E-state index contributed by atoms with van der Waals surface area (Å²) in [5, 5.41) is 20.1. The number of nitrogens with zero attached hydrogens (tertiary/aromatic N) is 4. The SMILES string of the molecule is N#Cc1ccc(-c2nc(-c3ccc(N)cc3)cn3c(O)c(Cc4ccco4)nc23)s1. The van der Waals surface area contributed by atoms with Crippen molar-refractivity contribution in [3.05, 3.63) is 77.3 Å². The predicted molar refractivity (Wildman–Crippen MR) is 114 cm³/mol. The monoisotopic (exact) mass is 413 g/mol. The van der Waals surface area contributed by atoms with Gasteiger partial charge in [0.25, 0.3) is 0 Å². The molecule has 0 fully saturated rings. The number of imidazole rings is 1. The van der Waals surface area contributed by atoms with E-state index < -0.39 is 0 Å². The van der Waals surface area contributed by atoms with Gasteiger partial charge in [-0.15, -0.1) is 11.3 Å². The Bertz CT molecular complexity index is 1390. The van der Waals surface area contributed by atoms with Crippen LogP contribution in [0.15, 0.2) is 65.4 Å². The number of aromatic hydroxyl groups is 1. The molecule has 4 aromatic heterocycles. The van der Waals surface area contributed by atoms with Crippen molar-refractivity contribution in [3.8, 4) is 33.8 Å². The van der Waals surface area contributed by atoms with Crippen LogP contribution in [0.25, 0.3) is 27.5 Å². The first-order chi connectivity index (χ1) is 14.6. The van der Waals surface area contributed by atoms with Crippen molar-refractivity contribution in [1.82, 2.24) is 14.4 Å². The van der Waals surface area contributed by atoms with Crippen molar-refractivity contribution in [2.24, 2.45) is 0 Å². The van der Waals surface area contributed by atoms with Gasteiger partial charge in [0.15, 0.2) is 5.65 Å². The molecule has 0 aliphatic heterocycles. The fourth-order valence-corrected chi connectivity index (χ4v) is 4.05. The van der Waals surface area contributed by atoms with E-state index in [0.717, 1.165) is 10.4 Å². The van der Waals surface area contributed by atoms with Gasteiger partial charge in [-0.1, -0.05) is 12.1 Å². The Morgan fingerprint density at radius 2 is 1.97 bits per heavy atom. The van der Waals surface area contributed by atoms with Crippen LogP contribution >= 0.6 is 11.3 Å². The predicted octanol–water partition coefficient (Wildman–Crippen LogP) is 4.47. The van der Waals surface area contributed by atoms with Gasteiger partial charge in [0.05, 0.1) is 23.3 Å². The van der Waals surface area contributed by atoms with Crippen LogP contribution in [0.3, 0.4) is 0 Å². The first-order valence-corrected chi connectivity index (χ1v) is 9.93. The molecule has 7 nitrogen and oxygen atoms in total. The summed E-state index contributed by atoms with van der Waals surface area (Å²) in [6.07, 6.45) is 3.69. The molecule has 0 atom stereocenters. The Balaban J connectivity index is 1.73. The molecule has 0 aliphatic rings. The fourth-order valence-electron chi connectivity index (χ4n) is 3.26. The molecule has 30 heavy (non-hydrogen) atoms. The van der Waals surface area contributed by atoms with Crippen LogP contribution in [0.1, 0.15) is 16.3 Å². The van der Waals surface area contributed by atoms with Crippen LogP contribution < -0.4 is 5.73 Å². The summed E-state index contributed by atoms with van der Waals surface area (Å²) in [5.41, 5.74) is 9.57. The first kappa shape index (κ1) is 18.0. The van der Waals surface area contributed by atoms with Gasteiger partial charge in [-0.25, -0.2) is 9.97 Å². The summed E-state index contributed by atoms with van der Waals surface area (Å²) in [7, 11) is 0. The molecular weight excluding hydrogens is 398 g/mol. The number of benzene rings is 1. The Kier molecular flexibility index (Phi) is 4.23. The highest BCUT2D eigenvalue weighted by Crippen LogP contribution is 2.34. The number of aromatic nitrogens is 3. The minimum Gasteiger partial charge on any atom is -0.493 e. The van der Waals surface area contributed by atoms with Crippen LogP contribution in [0.4, 0.5) is 5.69 Å². The van der Waals surface area contributed by atoms with Crippen molar-refractivity contribution < 1.29 is 9.52 Å². The maximum absolute atomic E-state index is 10.9. The number of fused-ring (bicyclic) bond motifs is 1. The third kappa shape index (κ3) is 3.07. The van der Waals surface area contributed by atoms with Crippen molar-refractivity contribution in [2.75, 3.05) is 5.73 Å². The van der Waals surface area contributed by atoms with Crippen LogP contribution in [0, 0.1) is 11.3 Å². The number of nitriles is 1. The third-order valence-corrected chi connectivity index (χ3v) is 5.73. The topological polar surface area (TPSA) is 113 Å². The maximum atomic E-state index is 10.9. The Morgan fingerprint density at radius 1 is 1.13 bits per heavy atom. The average molecular weight is 413 g/mol. The zero-order valence-corrected chi connectivity index (χ0v) is 16.4. The highest BCUT2D eigenvalue weighted by Gasteiger charge is 2.20. The molecule has 0 bridgehead atoms.